The lowest BCUT2D eigenvalue weighted by Gasteiger charge is -2.10. The van der Waals surface area contributed by atoms with E-state index in [2.05, 4.69) is 0 Å². The van der Waals surface area contributed by atoms with Crippen LogP contribution < -0.4 is 4.74 Å². The molecule has 0 aliphatic rings. The summed E-state index contributed by atoms with van der Waals surface area (Å²) < 4.78 is 7.22. The predicted octanol–water partition coefficient (Wildman–Crippen LogP) is 3.51. The third-order valence-electron chi connectivity index (χ3n) is 3.09. The van der Waals surface area contributed by atoms with Crippen LogP contribution in [0, 0.1) is 0 Å². The van der Waals surface area contributed by atoms with Crippen molar-refractivity contribution < 1.29 is 14.6 Å². The van der Waals surface area contributed by atoms with Gasteiger partial charge in [0.25, 0.3) is 0 Å². The summed E-state index contributed by atoms with van der Waals surface area (Å²) in [5.41, 5.74) is 1.70. The number of rotatable bonds is 4. The van der Waals surface area contributed by atoms with Gasteiger partial charge in [0.05, 0.1) is 24.1 Å². The topological polar surface area (TPSA) is 51.5 Å². The number of hydrogen-bond acceptors (Lipinski definition) is 2. The fourth-order valence-corrected chi connectivity index (χ4v) is 2.44. The van der Waals surface area contributed by atoms with Gasteiger partial charge in [-0.05, 0) is 31.5 Å². The van der Waals surface area contributed by atoms with Crippen molar-refractivity contribution >= 4 is 28.5 Å². The molecule has 1 heterocycles. The minimum Gasteiger partial charge on any atom is -0.495 e. The van der Waals surface area contributed by atoms with E-state index in [9.17, 15) is 4.79 Å². The van der Waals surface area contributed by atoms with Crippen LogP contribution in [0.25, 0.3) is 10.9 Å². The lowest BCUT2D eigenvalue weighted by Crippen LogP contribution is -2.00. The fourth-order valence-electron chi connectivity index (χ4n) is 2.21. The molecule has 102 valence electrons. The molecule has 1 aromatic heterocycles. The first-order chi connectivity index (χ1) is 8.93. The van der Waals surface area contributed by atoms with Gasteiger partial charge in [0.1, 0.15) is 5.75 Å². The Kier molecular flexibility index (Phi) is 3.71. The molecule has 0 fully saturated rings. The average Bonchev–Trinajstić information content (AvgIpc) is 2.65. The van der Waals surface area contributed by atoms with Gasteiger partial charge in [-0.2, -0.15) is 0 Å². The maximum absolute atomic E-state index is 10.9. The molecule has 1 aromatic carbocycles. The molecule has 0 unspecified atom stereocenters. The smallest absolute Gasteiger partial charge is 0.307 e. The molecule has 4 nitrogen and oxygen atoms in total. The van der Waals surface area contributed by atoms with Crippen LogP contribution in [-0.2, 0) is 11.2 Å². The second-order valence-corrected chi connectivity index (χ2v) is 5.14. The SMILES string of the molecule is COc1cc2c(CC(=O)O)cn(C(C)C)c2cc1Cl. The number of benzene rings is 1. The molecule has 0 bridgehead atoms. The van der Waals surface area contributed by atoms with Crippen molar-refractivity contribution in [3.63, 3.8) is 0 Å². The van der Waals surface area contributed by atoms with E-state index in [1.165, 1.54) is 0 Å². The third kappa shape index (κ3) is 2.54. The van der Waals surface area contributed by atoms with E-state index in [0.717, 1.165) is 16.5 Å². The number of fused-ring (bicyclic) bond motifs is 1. The zero-order valence-electron chi connectivity index (χ0n) is 11.1. The third-order valence-corrected chi connectivity index (χ3v) is 3.38. The second kappa shape index (κ2) is 5.13. The first kappa shape index (κ1) is 13.7. The van der Waals surface area contributed by atoms with Gasteiger partial charge in [0.15, 0.2) is 0 Å². The highest BCUT2D eigenvalue weighted by Crippen LogP contribution is 2.34. The van der Waals surface area contributed by atoms with E-state index in [1.807, 2.05) is 30.7 Å². The van der Waals surface area contributed by atoms with Crippen molar-refractivity contribution in [3.8, 4) is 5.75 Å². The van der Waals surface area contributed by atoms with Gasteiger partial charge in [-0.25, -0.2) is 0 Å². The van der Waals surface area contributed by atoms with Crippen molar-refractivity contribution in [1.29, 1.82) is 0 Å². The number of ether oxygens (including phenoxy) is 1. The molecule has 1 N–H and O–H groups in total. The number of nitrogens with zero attached hydrogens (tertiary/aromatic N) is 1. The van der Waals surface area contributed by atoms with Crippen molar-refractivity contribution in [3.05, 3.63) is 28.9 Å². The number of carbonyl (C=O) groups is 1. The lowest BCUT2D eigenvalue weighted by atomic mass is 10.1. The van der Waals surface area contributed by atoms with Gasteiger partial charge in [-0.3, -0.25) is 4.79 Å². The van der Waals surface area contributed by atoms with Crippen LogP contribution >= 0.6 is 11.6 Å². The van der Waals surface area contributed by atoms with E-state index >= 15 is 0 Å². The second-order valence-electron chi connectivity index (χ2n) is 4.73. The highest BCUT2D eigenvalue weighted by atomic mass is 35.5. The quantitative estimate of drug-likeness (QED) is 0.933. The summed E-state index contributed by atoms with van der Waals surface area (Å²) in [5, 5.41) is 10.4. The van der Waals surface area contributed by atoms with Gasteiger partial charge in [-0.15, -0.1) is 0 Å². The highest BCUT2D eigenvalue weighted by molar-refractivity contribution is 6.32. The molecule has 5 heteroatoms. The number of carboxylic acid groups (broad SMARTS) is 1. The first-order valence-corrected chi connectivity index (χ1v) is 6.40. The van der Waals surface area contributed by atoms with Crippen LogP contribution in [0.2, 0.25) is 5.02 Å². The maximum atomic E-state index is 10.9. The van der Waals surface area contributed by atoms with E-state index in [4.69, 9.17) is 21.4 Å². The molecule has 0 amide bonds. The van der Waals surface area contributed by atoms with Gasteiger partial charge >= 0.3 is 5.97 Å². The van der Waals surface area contributed by atoms with Crippen LogP contribution in [0.5, 0.6) is 5.75 Å². The molecule has 0 radical (unpaired) electrons. The van der Waals surface area contributed by atoms with Gasteiger partial charge in [0.2, 0.25) is 0 Å². The average molecular weight is 282 g/mol. The zero-order chi connectivity index (χ0) is 14.2. The molecule has 0 spiro atoms. The Bertz CT molecular complexity index is 631. The van der Waals surface area contributed by atoms with Gasteiger partial charge in [0, 0.05) is 17.6 Å². The number of aliphatic carboxylic acids is 1. The fraction of sp³-hybridized carbons (Fsp3) is 0.357. The number of methoxy groups -OCH3 is 1. The van der Waals surface area contributed by atoms with Crippen LogP contribution in [0.4, 0.5) is 0 Å². The number of carboxylic acids is 1. The minimum absolute atomic E-state index is 0.0129. The molecule has 2 rings (SSSR count). The minimum atomic E-state index is -0.850. The van der Waals surface area contributed by atoms with E-state index in [-0.39, 0.29) is 12.5 Å². The zero-order valence-corrected chi connectivity index (χ0v) is 11.9. The largest absolute Gasteiger partial charge is 0.495 e. The van der Waals surface area contributed by atoms with Crippen molar-refractivity contribution in [1.82, 2.24) is 4.57 Å². The molecular weight excluding hydrogens is 266 g/mol. The summed E-state index contributed by atoms with van der Waals surface area (Å²) in [6.45, 7) is 4.09. The number of halogens is 1. The molecule has 0 aliphatic heterocycles. The lowest BCUT2D eigenvalue weighted by molar-refractivity contribution is -0.136. The monoisotopic (exact) mass is 281 g/mol. The van der Waals surface area contributed by atoms with Crippen LogP contribution in [0.1, 0.15) is 25.5 Å². The number of aromatic nitrogens is 1. The van der Waals surface area contributed by atoms with Crippen LogP contribution in [-0.4, -0.2) is 22.8 Å². The van der Waals surface area contributed by atoms with Gasteiger partial charge < -0.3 is 14.4 Å². The summed E-state index contributed by atoms with van der Waals surface area (Å²) in [7, 11) is 1.54. The van der Waals surface area contributed by atoms with Gasteiger partial charge in [-0.1, -0.05) is 11.6 Å². The molecule has 19 heavy (non-hydrogen) atoms. The molecular formula is C14H16ClNO3. The molecule has 2 aromatic rings. The Hall–Kier alpha value is -1.68. The summed E-state index contributed by atoms with van der Waals surface area (Å²) in [4.78, 5) is 10.9. The Morgan fingerprint density at radius 2 is 2.16 bits per heavy atom. The molecule has 0 saturated carbocycles. The Morgan fingerprint density at radius 1 is 1.47 bits per heavy atom. The Balaban J connectivity index is 2.71. The molecule has 0 saturated heterocycles. The maximum Gasteiger partial charge on any atom is 0.307 e. The Morgan fingerprint density at radius 3 is 2.68 bits per heavy atom. The van der Waals surface area contributed by atoms with Crippen molar-refractivity contribution in [2.24, 2.45) is 0 Å². The predicted molar refractivity (Wildman–Crippen MR) is 75.2 cm³/mol. The molecule has 0 atom stereocenters. The summed E-state index contributed by atoms with van der Waals surface area (Å²) in [6, 6.07) is 3.85. The Labute approximate surface area is 116 Å². The van der Waals surface area contributed by atoms with Crippen molar-refractivity contribution in [2.75, 3.05) is 7.11 Å². The number of hydrogen-bond donors (Lipinski definition) is 1. The summed E-state index contributed by atoms with van der Waals surface area (Å²) in [5.74, 6) is -0.293. The van der Waals surface area contributed by atoms with Crippen molar-refractivity contribution in [2.45, 2.75) is 26.3 Å². The molecule has 0 aliphatic carbocycles. The highest BCUT2D eigenvalue weighted by Gasteiger charge is 2.15. The van der Waals surface area contributed by atoms with Crippen LogP contribution in [0.15, 0.2) is 18.3 Å². The van der Waals surface area contributed by atoms with E-state index in [1.54, 1.807) is 13.2 Å². The van der Waals surface area contributed by atoms with Crippen LogP contribution in [0.3, 0.4) is 0 Å². The van der Waals surface area contributed by atoms with E-state index < -0.39 is 5.97 Å². The standard InChI is InChI=1S/C14H16ClNO3/c1-8(2)16-7-9(4-14(17)18)10-5-13(19-3)11(15)6-12(10)16/h5-8H,4H2,1-3H3,(H,17,18). The van der Waals surface area contributed by atoms with E-state index in [0.29, 0.717) is 10.8 Å². The summed E-state index contributed by atoms with van der Waals surface area (Å²) >= 11 is 6.14. The summed E-state index contributed by atoms with van der Waals surface area (Å²) in [6.07, 6.45) is 1.86. The normalized spacial score (nSPS) is 11.2. The first-order valence-electron chi connectivity index (χ1n) is 6.02.